The van der Waals surface area contributed by atoms with E-state index in [1.807, 2.05) is 0 Å². The highest BCUT2D eigenvalue weighted by Crippen LogP contribution is 2.17. The van der Waals surface area contributed by atoms with Crippen LogP contribution in [0.15, 0.2) is 11.3 Å². The molecule has 66 valence electrons. The zero-order valence-electron chi connectivity index (χ0n) is 6.87. The molecule has 1 atom stereocenters. The van der Waals surface area contributed by atoms with Gasteiger partial charge in [-0.25, -0.2) is 10.2 Å². The van der Waals surface area contributed by atoms with E-state index in [1.165, 1.54) is 5.01 Å². The average Bonchev–Trinajstić information content (AvgIpc) is 2.25. The molecular formula is C7H10N2O3. The zero-order chi connectivity index (χ0) is 9.30. The average molecular weight is 170 g/mol. The second kappa shape index (κ2) is 2.94. The molecule has 0 fully saturated rings. The maximum Gasteiger partial charge on any atom is 0.353 e. The molecule has 0 aromatic heterocycles. The molecule has 0 aromatic carbocycles. The molecule has 0 radical (unpaired) electrons. The number of aldehydes is 1. The second-order valence-electron chi connectivity index (χ2n) is 2.64. The molecule has 0 bridgehead atoms. The van der Waals surface area contributed by atoms with Gasteiger partial charge in [-0.2, -0.15) is 0 Å². The van der Waals surface area contributed by atoms with Gasteiger partial charge in [-0.15, -0.1) is 0 Å². The largest absolute Gasteiger partial charge is 0.477 e. The lowest BCUT2D eigenvalue weighted by Crippen LogP contribution is -2.36. The van der Waals surface area contributed by atoms with Crippen LogP contribution < -0.4 is 5.43 Å². The fraction of sp³-hybridized carbons (Fsp3) is 0.429. The predicted octanol–water partition coefficient (Wildman–Crippen LogP) is -0.637. The Morgan fingerprint density at radius 1 is 1.75 bits per heavy atom. The Bertz CT molecular complexity index is 259. The zero-order valence-corrected chi connectivity index (χ0v) is 6.87. The van der Waals surface area contributed by atoms with Crippen molar-refractivity contribution in [3.05, 3.63) is 11.3 Å². The molecule has 5 nitrogen and oxygen atoms in total. The summed E-state index contributed by atoms with van der Waals surface area (Å²) in [6.45, 7) is 1.62. The summed E-state index contributed by atoms with van der Waals surface area (Å²) in [5, 5.41) is 10.1. The summed E-state index contributed by atoms with van der Waals surface area (Å²) in [6.07, 6.45) is 0.682. The van der Waals surface area contributed by atoms with Crippen LogP contribution in [0.1, 0.15) is 6.92 Å². The third-order valence-electron chi connectivity index (χ3n) is 1.85. The topological polar surface area (TPSA) is 69.6 Å². The Balaban J connectivity index is 3.00. The molecule has 5 heteroatoms. The number of hydrogen-bond acceptors (Lipinski definition) is 4. The Kier molecular flexibility index (Phi) is 2.14. The summed E-state index contributed by atoms with van der Waals surface area (Å²) in [4.78, 5) is 21.0. The van der Waals surface area contributed by atoms with Crippen molar-refractivity contribution in [2.75, 3.05) is 7.05 Å². The molecule has 2 N–H and O–H groups in total. The Labute approximate surface area is 69.6 Å². The number of likely N-dealkylation sites (N-methyl/N-ethyl adjacent to an activating group) is 1. The number of rotatable bonds is 2. The van der Waals surface area contributed by atoms with E-state index >= 15 is 0 Å². The molecule has 1 aliphatic rings. The van der Waals surface area contributed by atoms with Crippen molar-refractivity contribution in [3.63, 3.8) is 0 Å². The normalized spacial score (nSPS) is 23.2. The van der Waals surface area contributed by atoms with E-state index in [2.05, 4.69) is 5.43 Å². The highest BCUT2D eigenvalue weighted by Gasteiger charge is 2.29. The maximum atomic E-state index is 10.6. The molecule has 0 saturated heterocycles. The van der Waals surface area contributed by atoms with Crippen LogP contribution in [0.25, 0.3) is 0 Å². The number of nitrogens with zero attached hydrogens (tertiary/aromatic N) is 1. The van der Waals surface area contributed by atoms with E-state index < -0.39 is 12.0 Å². The van der Waals surface area contributed by atoms with Gasteiger partial charge in [0, 0.05) is 7.05 Å². The lowest BCUT2D eigenvalue weighted by atomic mass is 10.1. The number of hydrazine groups is 1. The first kappa shape index (κ1) is 8.73. The summed E-state index contributed by atoms with van der Waals surface area (Å²) in [7, 11) is 1.57. The van der Waals surface area contributed by atoms with Crippen LogP contribution in [0, 0.1) is 0 Å². The van der Waals surface area contributed by atoms with Gasteiger partial charge in [0.15, 0.2) is 0 Å². The molecule has 1 unspecified atom stereocenters. The number of carboxylic acid groups (broad SMARTS) is 1. The van der Waals surface area contributed by atoms with E-state index in [0.29, 0.717) is 11.9 Å². The van der Waals surface area contributed by atoms with Crippen molar-refractivity contribution in [2.24, 2.45) is 0 Å². The summed E-state index contributed by atoms with van der Waals surface area (Å²) < 4.78 is 0. The Morgan fingerprint density at radius 3 is 2.58 bits per heavy atom. The third kappa shape index (κ3) is 1.18. The second-order valence-corrected chi connectivity index (χ2v) is 2.64. The van der Waals surface area contributed by atoms with Gasteiger partial charge in [0.05, 0.1) is 0 Å². The molecule has 12 heavy (non-hydrogen) atoms. The van der Waals surface area contributed by atoms with E-state index in [0.717, 1.165) is 0 Å². The fourth-order valence-electron chi connectivity index (χ4n) is 1.23. The predicted molar refractivity (Wildman–Crippen MR) is 41.1 cm³/mol. The van der Waals surface area contributed by atoms with E-state index in [1.54, 1.807) is 14.0 Å². The first-order valence-electron chi connectivity index (χ1n) is 3.47. The van der Waals surface area contributed by atoms with E-state index in [-0.39, 0.29) is 5.70 Å². The molecule has 0 spiro atoms. The van der Waals surface area contributed by atoms with Crippen LogP contribution in [-0.4, -0.2) is 35.5 Å². The Morgan fingerprint density at radius 2 is 2.33 bits per heavy atom. The van der Waals surface area contributed by atoms with Crippen molar-refractivity contribution in [2.45, 2.75) is 13.0 Å². The van der Waals surface area contributed by atoms with Crippen molar-refractivity contribution in [1.29, 1.82) is 0 Å². The van der Waals surface area contributed by atoms with Crippen LogP contribution in [0.4, 0.5) is 0 Å². The molecule has 0 aliphatic carbocycles. The van der Waals surface area contributed by atoms with Crippen LogP contribution in [0.3, 0.4) is 0 Å². The van der Waals surface area contributed by atoms with Gasteiger partial charge >= 0.3 is 5.97 Å². The highest BCUT2D eigenvalue weighted by molar-refractivity contribution is 5.89. The summed E-state index contributed by atoms with van der Waals surface area (Å²) in [6, 6.07) is -0.499. The van der Waals surface area contributed by atoms with Crippen LogP contribution in [0.2, 0.25) is 0 Å². The quantitative estimate of drug-likeness (QED) is 0.539. The minimum Gasteiger partial charge on any atom is -0.477 e. The molecular weight excluding hydrogens is 160 g/mol. The monoisotopic (exact) mass is 170 g/mol. The van der Waals surface area contributed by atoms with Gasteiger partial charge in [0.2, 0.25) is 0 Å². The molecule has 0 saturated carbocycles. The van der Waals surface area contributed by atoms with Crippen LogP contribution in [0.5, 0.6) is 0 Å². The van der Waals surface area contributed by atoms with Gasteiger partial charge in [0.25, 0.3) is 0 Å². The molecule has 0 amide bonds. The first-order valence-corrected chi connectivity index (χ1v) is 3.47. The minimum atomic E-state index is -1.02. The number of carbonyl (C=O) groups is 2. The van der Waals surface area contributed by atoms with E-state index in [4.69, 9.17) is 5.11 Å². The molecule has 1 rings (SSSR count). The first-order chi connectivity index (χ1) is 5.57. The molecule has 1 aliphatic heterocycles. The summed E-state index contributed by atoms with van der Waals surface area (Å²) in [5.41, 5.74) is 3.38. The van der Waals surface area contributed by atoms with E-state index in [9.17, 15) is 9.59 Å². The summed E-state index contributed by atoms with van der Waals surface area (Å²) >= 11 is 0. The van der Waals surface area contributed by atoms with Crippen molar-refractivity contribution < 1.29 is 14.7 Å². The van der Waals surface area contributed by atoms with Gasteiger partial charge in [-0.3, -0.25) is 0 Å². The van der Waals surface area contributed by atoms with Gasteiger partial charge in [-0.1, -0.05) is 0 Å². The number of hydrogen-bond donors (Lipinski definition) is 2. The van der Waals surface area contributed by atoms with Crippen molar-refractivity contribution in [3.8, 4) is 0 Å². The minimum absolute atomic E-state index is 0.145. The van der Waals surface area contributed by atoms with Crippen molar-refractivity contribution in [1.82, 2.24) is 10.4 Å². The highest BCUT2D eigenvalue weighted by atomic mass is 16.4. The Hall–Kier alpha value is -1.36. The molecule has 0 aromatic rings. The van der Waals surface area contributed by atoms with Gasteiger partial charge in [-0.05, 0) is 12.5 Å². The third-order valence-corrected chi connectivity index (χ3v) is 1.85. The maximum absolute atomic E-state index is 10.6. The van der Waals surface area contributed by atoms with Gasteiger partial charge in [0.1, 0.15) is 18.0 Å². The fourth-order valence-corrected chi connectivity index (χ4v) is 1.23. The summed E-state index contributed by atoms with van der Waals surface area (Å²) in [5.74, 6) is -1.02. The number of carbonyl (C=O) groups excluding carboxylic acids is 1. The lowest BCUT2D eigenvalue weighted by Gasteiger charge is -2.13. The van der Waals surface area contributed by atoms with Gasteiger partial charge < -0.3 is 14.9 Å². The lowest BCUT2D eigenvalue weighted by molar-refractivity contribution is -0.134. The number of nitrogens with one attached hydrogen (secondary N) is 1. The smallest absolute Gasteiger partial charge is 0.353 e. The SMILES string of the molecule is CC1=C(C(=O)O)N(C)NC1C=O. The van der Waals surface area contributed by atoms with Crippen LogP contribution >= 0.6 is 0 Å². The molecule has 1 heterocycles. The standard InChI is InChI=1S/C7H10N2O3/c1-4-5(3-10)8-9(2)6(4)7(11)12/h3,5,8H,1-2H3,(H,11,12). The number of carboxylic acids is 1. The van der Waals surface area contributed by atoms with Crippen molar-refractivity contribution >= 4 is 12.3 Å². The van der Waals surface area contributed by atoms with Crippen LogP contribution in [-0.2, 0) is 9.59 Å². The number of aliphatic carboxylic acids is 1.